The van der Waals surface area contributed by atoms with Crippen LogP contribution in [0.15, 0.2) is 78.9 Å². The summed E-state index contributed by atoms with van der Waals surface area (Å²) < 4.78 is 0. The van der Waals surface area contributed by atoms with Crippen LogP contribution in [-0.2, 0) is 11.2 Å². The highest BCUT2D eigenvalue weighted by atomic mass is 16.1. The molecular formula is C23H19N3O2. The van der Waals surface area contributed by atoms with Crippen molar-refractivity contribution in [3.8, 4) is 0 Å². The Kier molecular flexibility index (Phi) is 4.97. The smallest absolute Gasteiger partial charge is 0.224 e. The first-order valence-corrected chi connectivity index (χ1v) is 9.13. The second kappa shape index (κ2) is 7.88. The summed E-state index contributed by atoms with van der Waals surface area (Å²) in [6.07, 6.45) is 0.767. The molecule has 3 aromatic carbocycles. The molecule has 0 bridgehead atoms. The maximum Gasteiger partial charge on any atom is 0.224 e. The van der Waals surface area contributed by atoms with Gasteiger partial charge in [-0.25, -0.2) is 4.98 Å². The molecule has 138 valence electrons. The van der Waals surface area contributed by atoms with Gasteiger partial charge in [0.25, 0.3) is 0 Å². The van der Waals surface area contributed by atoms with Crippen LogP contribution < -0.4 is 5.32 Å². The third-order valence-electron chi connectivity index (χ3n) is 4.51. The molecule has 0 unspecified atom stereocenters. The van der Waals surface area contributed by atoms with Crippen LogP contribution in [0, 0.1) is 0 Å². The van der Waals surface area contributed by atoms with E-state index in [0.29, 0.717) is 23.2 Å². The van der Waals surface area contributed by atoms with E-state index in [2.05, 4.69) is 15.3 Å². The van der Waals surface area contributed by atoms with Crippen molar-refractivity contribution in [1.29, 1.82) is 0 Å². The van der Waals surface area contributed by atoms with Crippen LogP contribution >= 0.6 is 0 Å². The molecule has 0 aliphatic rings. The third kappa shape index (κ3) is 3.83. The fourth-order valence-electron chi connectivity index (χ4n) is 3.10. The lowest BCUT2D eigenvalue weighted by Crippen LogP contribution is -2.15. The Morgan fingerprint density at radius 1 is 0.857 bits per heavy atom. The van der Waals surface area contributed by atoms with Gasteiger partial charge in [0.1, 0.15) is 5.82 Å². The molecule has 0 saturated carbocycles. The van der Waals surface area contributed by atoms with Gasteiger partial charge in [-0.1, -0.05) is 54.6 Å². The number of nitrogens with one attached hydrogen (secondary N) is 2. The van der Waals surface area contributed by atoms with Gasteiger partial charge in [-0.05, 0) is 24.3 Å². The summed E-state index contributed by atoms with van der Waals surface area (Å²) in [6.45, 7) is 0. The van der Waals surface area contributed by atoms with Gasteiger partial charge >= 0.3 is 0 Å². The standard InChI is InChI=1S/C23H19N3O2/c27-22(15-14-21-24-19-12-6-7-13-20(19)25-21)26-18-11-5-4-10-17(18)23(28)16-8-2-1-3-9-16/h1-13H,14-15H2,(H,24,25)(H,26,27). The number of ketones is 1. The van der Waals surface area contributed by atoms with Crippen LogP contribution in [0.2, 0.25) is 0 Å². The van der Waals surface area contributed by atoms with Crippen molar-refractivity contribution >= 4 is 28.4 Å². The van der Waals surface area contributed by atoms with Crippen molar-refractivity contribution < 1.29 is 9.59 Å². The Bertz CT molecular complexity index is 1100. The molecule has 5 nitrogen and oxygen atoms in total. The molecule has 0 aliphatic carbocycles. The molecule has 0 fully saturated rings. The molecule has 4 aromatic rings. The minimum absolute atomic E-state index is 0.117. The van der Waals surface area contributed by atoms with Crippen molar-refractivity contribution in [3.05, 3.63) is 95.8 Å². The van der Waals surface area contributed by atoms with E-state index < -0.39 is 0 Å². The van der Waals surface area contributed by atoms with E-state index in [-0.39, 0.29) is 18.1 Å². The Morgan fingerprint density at radius 2 is 1.57 bits per heavy atom. The molecule has 0 aliphatic heterocycles. The second-order valence-electron chi connectivity index (χ2n) is 6.49. The van der Waals surface area contributed by atoms with Crippen molar-refractivity contribution in [1.82, 2.24) is 9.97 Å². The topological polar surface area (TPSA) is 74.8 Å². The van der Waals surface area contributed by atoms with Gasteiger partial charge in [-0.15, -0.1) is 0 Å². The summed E-state index contributed by atoms with van der Waals surface area (Å²) in [7, 11) is 0. The summed E-state index contributed by atoms with van der Waals surface area (Å²) in [5.74, 6) is 0.493. The highest BCUT2D eigenvalue weighted by Crippen LogP contribution is 2.20. The Labute approximate surface area is 162 Å². The maximum absolute atomic E-state index is 12.8. The molecule has 2 N–H and O–H groups in total. The van der Waals surface area contributed by atoms with E-state index in [1.807, 2.05) is 42.5 Å². The van der Waals surface area contributed by atoms with Gasteiger partial charge < -0.3 is 10.3 Å². The molecule has 0 saturated heterocycles. The number of benzene rings is 3. The summed E-state index contributed by atoms with van der Waals surface area (Å²) in [5, 5.41) is 2.86. The van der Waals surface area contributed by atoms with Crippen molar-refractivity contribution in [3.63, 3.8) is 0 Å². The third-order valence-corrected chi connectivity index (χ3v) is 4.51. The number of aryl methyl sites for hydroxylation is 1. The zero-order valence-corrected chi connectivity index (χ0v) is 15.2. The maximum atomic E-state index is 12.8. The normalized spacial score (nSPS) is 10.7. The number of carbonyl (C=O) groups is 2. The molecule has 1 amide bonds. The molecule has 0 atom stereocenters. The number of hydrogen-bond donors (Lipinski definition) is 2. The van der Waals surface area contributed by atoms with Gasteiger partial charge in [0.2, 0.25) is 5.91 Å². The molecule has 28 heavy (non-hydrogen) atoms. The quantitative estimate of drug-likeness (QED) is 0.496. The van der Waals surface area contributed by atoms with Gasteiger partial charge in [-0.3, -0.25) is 9.59 Å². The fourth-order valence-corrected chi connectivity index (χ4v) is 3.10. The van der Waals surface area contributed by atoms with E-state index in [1.54, 1.807) is 36.4 Å². The Morgan fingerprint density at radius 3 is 2.39 bits per heavy atom. The van der Waals surface area contributed by atoms with Crippen LogP contribution in [0.1, 0.15) is 28.2 Å². The lowest BCUT2D eigenvalue weighted by molar-refractivity contribution is -0.116. The number of H-pyrrole nitrogens is 1. The summed E-state index contributed by atoms with van der Waals surface area (Å²) >= 11 is 0. The zero-order chi connectivity index (χ0) is 19.3. The number of carbonyl (C=O) groups excluding carboxylic acids is 2. The average Bonchev–Trinajstić information content (AvgIpc) is 3.16. The lowest BCUT2D eigenvalue weighted by atomic mass is 10.0. The van der Waals surface area contributed by atoms with Gasteiger partial charge in [-0.2, -0.15) is 0 Å². The van der Waals surface area contributed by atoms with E-state index in [1.165, 1.54) is 0 Å². The number of para-hydroxylation sites is 3. The number of aromatic nitrogens is 2. The number of nitrogens with zero attached hydrogens (tertiary/aromatic N) is 1. The monoisotopic (exact) mass is 369 g/mol. The number of imidazole rings is 1. The minimum Gasteiger partial charge on any atom is -0.342 e. The van der Waals surface area contributed by atoms with Crippen molar-refractivity contribution in [2.24, 2.45) is 0 Å². The van der Waals surface area contributed by atoms with E-state index in [0.717, 1.165) is 16.9 Å². The highest BCUT2D eigenvalue weighted by molar-refractivity contribution is 6.13. The zero-order valence-electron chi connectivity index (χ0n) is 15.2. The van der Waals surface area contributed by atoms with Crippen LogP contribution in [0.4, 0.5) is 5.69 Å². The van der Waals surface area contributed by atoms with Crippen LogP contribution in [0.25, 0.3) is 11.0 Å². The lowest BCUT2D eigenvalue weighted by Gasteiger charge is -2.10. The predicted molar refractivity (Wildman–Crippen MR) is 109 cm³/mol. The average molecular weight is 369 g/mol. The van der Waals surface area contributed by atoms with Crippen LogP contribution in [-0.4, -0.2) is 21.7 Å². The SMILES string of the molecule is O=C(CCc1nc2ccccc2[nH]1)Nc1ccccc1C(=O)c1ccccc1. The summed E-state index contributed by atoms with van der Waals surface area (Å²) in [5.41, 5.74) is 3.43. The summed E-state index contributed by atoms with van der Waals surface area (Å²) in [4.78, 5) is 32.9. The molecule has 5 heteroatoms. The minimum atomic E-state index is -0.159. The van der Waals surface area contributed by atoms with Crippen molar-refractivity contribution in [2.45, 2.75) is 12.8 Å². The molecule has 0 radical (unpaired) electrons. The van der Waals surface area contributed by atoms with E-state index in [4.69, 9.17) is 0 Å². The number of hydrogen-bond acceptors (Lipinski definition) is 3. The van der Waals surface area contributed by atoms with Gasteiger partial charge in [0, 0.05) is 24.0 Å². The first-order chi connectivity index (χ1) is 13.7. The number of rotatable bonds is 6. The van der Waals surface area contributed by atoms with Gasteiger partial charge in [0.15, 0.2) is 5.78 Å². The van der Waals surface area contributed by atoms with E-state index >= 15 is 0 Å². The number of anilines is 1. The molecule has 0 spiro atoms. The van der Waals surface area contributed by atoms with Gasteiger partial charge in [0.05, 0.1) is 16.7 Å². The number of aromatic amines is 1. The van der Waals surface area contributed by atoms with Crippen molar-refractivity contribution in [2.75, 3.05) is 5.32 Å². The van der Waals surface area contributed by atoms with Crippen LogP contribution in [0.5, 0.6) is 0 Å². The number of amides is 1. The van der Waals surface area contributed by atoms with Crippen LogP contribution in [0.3, 0.4) is 0 Å². The fraction of sp³-hybridized carbons (Fsp3) is 0.0870. The Hall–Kier alpha value is -3.73. The first kappa shape index (κ1) is 17.7. The first-order valence-electron chi connectivity index (χ1n) is 9.13. The van der Waals surface area contributed by atoms with E-state index in [9.17, 15) is 9.59 Å². The largest absolute Gasteiger partial charge is 0.342 e. The second-order valence-corrected chi connectivity index (χ2v) is 6.49. The highest BCUT2D eigenvalue weighted by Gasteiger charge is 2.15. The molecule has 1 heterocycles. The molecular weight excluding hydrogens is 350 g/mol. The summed E-state index contributed by atoms with van der Waals surface area (Å²) in [6, 6.07) is 23.9. The predicted octanol–water partition coefficient (Wildman–Crippen LogP) is 4.37. The molecule has 4 rings (SSSR count). The Balaban J connectivity index is 1.45. The number of fused-ring (bicyclic) bond motifs is 1. The molecule has 1 aromatic heterocycles.